The summed E-state index contributed by atoms with van der Waals surface area (Å²) in [5.74, 6) is 0.261. The number of aryl methyl sites for hydroxylation is 2. The molecule has 0 spiro atoms. The van der Waals surface area contributed by atoms with Gasteiger partial charge in [-0.3, -0.25) is 0 Å². The SMILES string of the molecule is COC(=O)c1cc(NCc2cccc(Cl)c2)c2cc(-c3c(C)noc3C)ccc2n1. The van der Waals surface area contributed by atoms with Crippen LogP contribution in [0.25, 0.3) is 22.0 Å². The molecule has 0 fully saturated rings. The molecule has 0 saturated heterocycles. The van der Waals surface area contributed by atoms with Crippen LogP contribution in [0.4, 0.5) is 5.69 Å². The van der Waals surface area contributed by atoms with Crippen LogP contribution in [0.2, 0.25) is 5.02 Å². The number of halogens is 1. The minimum Gasteiger partial charge on any atom is -0.464 e. The number of methoxy groups -OCH3 is 1. The number of ether oxygens (including phenoxy) is 1. The molecule has 0 unspecified atom stereocenters. The Morgan fingerprint density at radius 1 is 1.17 bits per heavy atom. The van der Waals surface area contributed by atoms with Gasteiger partial charge < -0.3 is 14.6 Å². The van der Waals surface area contributed by atoms with Crippen LogP contribution in [0.15, 0.2) is 53.1 Å². The zero-order valence-corrected chi connectivity index (χ0v) is 17.6. The van der Waals surface area contributed by atoms with E-state index < -0.39 is 5.97 Å². The third-order valence-electron chi connectivity index (χ3n) is 4.90. The van der Waals surface area contributed by atoms with Crippen LogP contribution in [0.5, 0.6) is 0 Å². The summed E-state index contributed by atoms with van der Waals surface area (Å²) in [6.07, 6.45) is 0. The summed E-state index contributed by atoms with van der Waals surface area (Å²) in [5.41, 5.74) is 5.46. The molecule has 0 amide bonds. The van der Waals surface area contributed by atoms with Crippen LogP contribution in [-0.4, -0.2) is 23.2 Å². The normalized spacial score (nSPS) is 10.9. The van der Waals surface area contributed by atoms with Gasteiger partial charge in [0, 0.05) is 28.2 Å². The predicted octanol–water partition coefficient (Wildman–Crippen LogP) is 5.56. The molecule has 30 heavy (non-hydrogen) atoms. The number of hydrogen-bond donors (Lipinski definition) is 1. The standard InChI is InChI=1S/C23H20ClN3O3/c1-13-22(14(2)30-27-13)16-7-8-19-18(10-16)20(11-21(26-19)23(28)29-3)25-12-15-5-4-6-17(24)9-15/h4-11H,12H2,1-3H3,(H,25,26). The van der Waals surface area contributed by atoms with E-state index in [1.165, 1.54) is 7.11 Å². The van der Waals surface area contributed by atoms with Gasteiger partial charge in [0.05, 0.1) is 18.3 Å². The van der Waals surface area contributed by atoms with Gasteiger partial charge in [-0.15, -0.1) is 0 Å². The number of carbonyl (C=O) groups is 1. The second-order valence-corrected chi connectivity index (χ2v) is 7.40. The smallest absolute Gasteiger partial charge is 0.356 e. The Labute approximate surface area is 178 Å². The lowest BCUT2D eigenvalue weighted by atomic mass is 10.0. The van der Waals surface area contributed by atoms with Crippen molar-refractivity contribution < 1.29 is 14.1 Å². The lowest BCUT2D eigenvalue weighted by molar-refractivity contribution is 0.0594. The van der Waals surface area contributed by atoms with Gasteiger partial charge in [-0.2, -0.15) is 0 Å². The van der Waals surface area contributed by atoms with E-state index in [1.807, 2.05) is 56.3 Å². The number of hydrogen-bond acceptors (Lipinski definition) is 6. The van der Waals surface area contributed by atoms with Crippen LogP contribution in [-0.2, 0) is 11.3 Å². The van der Waals surface area contributed by atoms with E-state index in [-0.39, 0.29) is 5.69 Å². The summed E-state index contributed by atoms with van der Waals surface area (Å²) < 4.78 is 10.2. The van der Waals surface area contributed by atoms with Gasteiger partial charge in [0.1, 0.15) is 5.76 Å². The van der Waals surface area contributed by atoms with E-state index in [0.29, 0.717) is 17.1 Å². The van der Waals surface area contributed by atoms with Gasteiger partial charge in [-0.1, -0.05) is 35.0 Å². The summed E-state index contributed by atoms with van der Waals surface area (Å²) in [7, 11) is 1.34. The van der Waals surface area contributed by atoms with Gasteiger partial charge in [-0.05, 0) is 55.3 Å². The number of esters is 1. The highest BCUT2D eigenvalue weighted by Gasteiger charge is 2.16. The number of rotatable bonds is 5. The molecule has 152 valence electrons. The molecule has 2 heterocycles. The van der Waals surface area contributed by atoms with E-state index in [2.05, 4.69) is 15.5 Å². The Balaban J connectivity index is 1.81. The highest BCUT2D eigenvalue weighted by atomic mass is 35.5. The molecule has 2 aromatic carbocycles. The van der Waals surface area contributed by atoms with E-state index in [1.54, 1.807) is 6.07 Å². The molecule has 7 heteroatoms. The molecule has 0 aliphatic carbocycles. The Morgan fingerprint density at radius 3 is 2.70 bits per heavy atom. The second kappa shape index (κ2) is 8.16. The van der Waals surface area contributed by atoms with Crippen LogP contribution in [0, 0.1) is 13.8 Å². The van der Waals surface area contributed by atoms with Crippen LogP contribution in [0.1, 0.15) is 27.5 Å². The highest BCUT2D eigenvalue weighted by molar-refractivity contribution is 6.30. The summed E-state index contributed by atoms with van der Waals surface area (Å²) in [6.45, 7) is 4.33. The summed E-state index contributed by atoms with van der Waals surface area (Å²) in [6, 6.07) is 15.2. The Bertz CT molecular complexity index is 1230. The van der Waals surface area contributed by atoms with E-state index >= 15 is 0 Å². The minimum absolute atomic E-state index is 0.240. The topological polar surface area (TPSA) is 77.2 Å². The minimum atomic E-state index is -0.488. The van der Waals surface area contributed by atoms with Crippen LogP contribution < -0.4 is 5.32 Å². The van der Waals surface area contributed by atoms with Crippen molar-refractivity contribution in [3.8, 4) is 11.1 Å². The molecular formula is C23H20ClN3O3. The lowest BCUT2D eigenvalue weighted by Gasteiger charge is -2.13. The monoisotopic (exact) mass is 421 g/mol. The van der Waals surface area contributed by atoms with Crippen molar-refractivity contribution in [1.29, 1.82) is 0 Å². The third-order valence-corrected chi connectivity index (χ3v) is 5.13. The number of benzene rings is 2. The van der Waals surface area contributed by atoms with Gasteiger partial charge in [0.15, 0.2) is 5.69 Å². The van der Waals surface area contributed by atoms with Gasteiger partial charge >= 0.3 is 5.97 Å². The number of carbonyl (C=O) groups excluding carboxylic acids is 1. The van der Waals surface area contributed by atoms with Crippen molar-refractivity contribution in [1.82, 2.24) is 10.1 Å². The zero-order valence-electron chi connectivity index (χ0n) is 16.8. The average Bonchev–Trinajstić information content (AvgIpc) is 3.09. The molecule has 0 radical (unpaired) electrons. The largest absolute Gasteiger partial charge is 0.464 e. The van der Waals surface area contributed by atoms with E-state index in [0.717, 1.165) is 39.2 Å². The predicted molar refractivity (Wildman–Crippen MR) is 117 cm³/mol. The number of nitrogens with zero attached hydrogens (tertiary/aromatic N) is 2. The molecule has 0 aliphatic rings. The van der Waals surface area contributed by atoms with Crippen molar-refractivity contribution in [2.45, 2.75) is 20.4 Å². The number of nitrogens with one attached hydrogen (secondary N) is 1. The van der Waals surface area contributed by atoms with Crippen molar-refractivity contribution >= 4 is 34.2 Å². The van der Waals surface area contributed by atoms with E-state index in [9.17, 15) is 4.79 Å². The molecule has 2 aromatic heterocycles. The first-order valence-corrected chi connectivity index (χ1v) is 9.78. The maximum atomic E-state index is 12.1. The van der Waals surface area contributed by atoms with Crippen molar-refractivity contribution in [2.24, 2.45) is 0 Å². The molecular weight excluding hydrogens is 402 g/mol. The van der Waals surface area contributed by atoms with Gasteiger partial charge in [0.25, 0.3) is 0 Å². The van der Waals surface area contributed by atoms with Gasteiger partial charge in [0.2, 0.25) is 0 Å². The summed E-state index contributed by atoms with van der Waals surface area (Å²) >= 11 is 6.10. The first-order valence-electron chi connectivity index (χ1n) is 9.41. The first-order chi connectivity index (χ1) is 14.5. The number of pyridine rings is 1. The Morgan fingerprint density at radius 2 is 2.00 bits per heavy atom. The molecule has 0 atom stereocenters. The molecule has 0 aliphatic heterocycles. The number of anilines is 1. The summed E-state index contributed by atoms with van der Waals surface area (Å²) in [5, 5.41) is 9.00. The van der Waals surface area contributed by atoms with Crippen molar-refractivity contribution in [2.75, 3.05) is 12.4 Å². The molecule has 0 saturated carbocycles. The quantitative estimate of drug-likeness (QED) is 0.425. The molecule has 4 rings (SSSR count). The highest BCUT2D eigenvalue weighted by Crippen LogP contribution is 2.32. The first kappa shape index (κ1) is 19.9. The lowest BCUT2D eigenvalue weighted by Crippen LogP contribution is -2.07. The zero-order chi connectivity index (χ0) is 21.3. The number of aromatic nitrogens is 2. The molecule has 0 bridgehead atoms. The average molecular weight is 422 g/mol. The van der Waals surface area contributed by atoms with E-state index in [4.69, 9.17) is 20.9 Å². The fraction of sp³-hybridized carbons (Fsp3) is 0.174. The Hall–Kier alpha value is -3.38. The Kier molecular flexibility index (Phi) is 5.42. The molecule has 6 nitrogen and oxygen atoms in total. The van der Waals surface area contributed by atoms with Crippen LogP contribution >= 0.6 is 11.6 Å². The summed E-state index contributed by atoms with van der Waals surface area (Å²) in [4.78, 5) is 16.6. The van der Waals surface area contributed by atoms with Crippen molar-refractivity contribution in [3.63, 3.8) is 0 Å². The molecule has 4 aromatic rings. The van der Waals surface area contributed by atoms with Gasteiger partial charge in [-0.25, -0.2) is 9.78 Å². The number of fused-ring (bicyclic) bond motifs is 1. The fourth-order valence-electron chi connectivity index (χ4n) is 3.48. The van der Waals surface area contributed by atoms with Crippen LogP contribution in [0.3, 0.4) is 0 Å². The second-order valence-electron chi connectivity index (χ2n) is 6.96. The fourth-order valence-corrected chi connectivity index (χ4v) is 3.69. The van der Waals surface area contributed by atoms with Crippen molar-refractivity contribution in [3.05, 3.63) is 76.3 Å². The third kappa shape index (κ3) is 3.86. The maximum absolute atomic E-state index is 12.1. The maximum Gasteiger partial charge on any atom is 0.356 e. The molecule has 1 N–H and O–H groups in total.